The molecule has 6 heteroatoms. The highest BCUT2D eigenvalue weighted by Gasteiger charge is 2.13. The lowest BCUT2D eigenvalue weighted by Gasteiger charge is -2.08. The first-order valence-corrected chi connectivity index (χ1v) is 10.4. The number of carbonyl (C=O) groups is 3. The van der Waals surface area contributed by atoms with E-state index in [0.29, 0.717) is 28.1 Å². The molecule has 0 fully saturated rings. The van der Waals surface area contributed by atoms with Gasteiger partial charge in [-0.1, -0.05) is 54.6 Å². The summed E-state index contributed by atoms with van der Waals surface area (Å²) >= 11 is 0. The Hall–Kier alpha value is -4.45. The Balaban J connectivity index is 1.30. The van der Waals surface area contributed by atoms with Crippen LogP contribution in [0.3, 0.4) is 0 Å². The summed E-state index contributed by atoms with van der Waals surface area (Å²) in [5, 5.41) is 4.91. The minimum absolute atomic E-state index is 0.00817. The van der Waals surface area contributed by atoms with Gasteiger partial charge in [0.2, 0.25) is 0 Å². The number of amides is 1. The molecule has 4 aromatic carbocycles. The molecule has 33 heavy (non-hydrogen) atoms. The fourth-order valence-electron chi connectivity index (χ4n) is 3.41. The Bertz CT molecular complexity index is 1310. The van der Waals surface area contributed by atoms with Gasteiger partial charge in [-0.25, -0.2) is 0 Å². The van der Waals surface area contributed by atoms with E-state index in [1.54, 1.807) is 54.6 Å². The van der Waals surface area contributed by atoms with Gasteiger partial charge in [-0.3, -0.25) is 14.4 Å². The van der Waals surface area contributed by atoms with Crippen molar-refractivity contribution in [1.82, 2.24) is 0 Å². The van der Waals surface area contributed by atoms with Gasteiger partial charge in [0.15, 0.2) is 0 Å². The van der Waals surface area contributed by atoms with E-state index in [1.807, 2.05) is 36.4 Å². The Labute approximate surface area is 191 Å². The summed E-state index contributed by atoms with van der Waals surface area (Å²) in [6.07, 6.45) is -0.0574. The maximum Gasteiger partial charge on any atom is 0.317 e. The molecule has 0 aliphatic heterocycles. The third-order valence-electron chi connectivity index (χ3n) is 5.13. The smallest absolute Gasteiger partial charge is 0.317 e. The summed E-state index contributed by atoms with van der Waals surface area (Å²) < 4.78 is 4.90. The molecule has 0 aliphatic rings. The second-order valence-electron chi connectivity index (χ2n) is 7.65. The maximum atomic E-state index is 12.6. The normalized spacial score (nSPS) is 10.5. The number of nitrogens with one attached hydrogen (secondary N) is 1. The lowest BCUT2D eigenvalue weighted by Crippen LogP contribution is -2.16. The van der Waals surface area contributed by atoms with Crippen molar-refractivity contribution in [2.24, 2.45) is 0 Å². The molecule has 0 spiro atoms. The highest BCUT2D eigenvalue weighted by Crippen LogP contribution is 2.18. The molecule has 0 atom stereocenters. The predicted molar refractivity (Wildman–Crippen MR) is 128 cm³/mol. The van der Waals surface area contributed by atoms with Crippen LogP contribution >= 0.6 is 0 Å². The number of hydrogen-bond donors (Lipinski definition) is 2. The average Bonchev–Trinajstić information content (AvgIpc) is 2.81. The van der Waals surface area contributed by atoms with Gasteiger partial charge in [0.05, 0.1) is 12.8 Å². The minimum Gasteiger partial charge on any atom is -0.399 e. The van der Waals surface area contributed by atoms with Crippen LogP contribution in [0.5, 0.6) is 0 Å². The summed E-state index contributed by atoms with van der Waals surface area (Å²) in [5.41, 5.74) is 8.76. The zero-order chi connectivity index (χ0) is 23.2. The van der Waals surface area contributed by atoms with Gasteiger partial charge in [0.1, 0.15) is 0 Å². The van der Waals surface area contributed by atoms with Crippen molar-refractivity contribution in [3.8, 4) is 0 Å². The summed E-state index contributed by atoms with van der Waals surface area (Å²) in [6.45, 7) is 0. The number of nitrogen functional groups attached to an aromatic ring is 1. The van der Waals surface area contributed by atoms with Gasteiger partial charge in [0, 0.05) is 16.9 Å². The van der Waals surface area contributed by atoms with Crippen molar-refractivity contribution in [3.63, 3.8) is 0 Å². The first kappa shape index (κ1) is 21.8. The number of esters is 2. The van der Waals surface area contributed by atoms with Crippen molar-refractivity contribution >= 4 is 40.0 Å². The number of nitrogens with two attached hydrogens (primary N) is 1. The lowest BCUT2D eigenvalue weighted by atomic mass is 10.1. The van der Waals surface area contributed by atoms with Crippen molar-refractivity contribution < 1.29 is 19.1 Å². The number of rotatable bonds is 6. The van der Waals surface area contributed by atoms with E-state index in [2.05, 4.69) is 5.32 Å². The predicted octanol–water partition coefficient (Wildman–Crippen LogP) is 4.53. The van der Waals surface area contributed by atoms with Gasteiger partial charge in [0.25, 0.3) is 5.91 Å². The van der Waals surface area contributed by atoms with Crippen molar-refractivity contribution in [2.45, 2.75) is 12.8 Å². The van der Waals surface area contributed by atoms with Gasteiger partial charge in [-0.15, -0.1) is 0 Å². The lowest BCUT2D eigenvalue weighted by molar-refractivity contribution is -0.158. The van der Waals surface area contributed by atoms with Crippen LogP contribution in [-0.2, 0) is 27.2 Å². The fourth-order valence-corrected chi connectivity index (χ4v) is 3.41. The first-order chi connectivity index (χ1) is 16.0. The third-order valence-corrected chi connectivity index (χ3v) is 5.13. The molecule has 0 heterocycles. The van der Waals surface area contributed by atoms with Crippen LogP contribution in [0.1, 0.15) is 21.5 Å². The van der Waals surface area contributed by atoms with E-state index in [1.165, 1.54) is 0 Å². The van der Waals surface area contributed by atoms with Crippen LogP contribution in [0.4, 0.5) is 11.4 Å². The second kappa shape index (κ2) is 9.78. The van der Waals surface area contributed by atoms with E-state index in [4.69, 9.17) is 10.5 Å². The maximum absolute atomic E-state index is 12.6. The highest BCUT2D eigenvalue weighted by atomic mass is 16.6. The van der Waals surface area contributed by atoms with Gasteiger partial charge < -0.3 is 15.8 Å². The highest BCUT2D eigenvalue weighted by molar-refractivity contribution is 6.06. The fraction of sp³-hybridized carbons (Fsp3) is 0.0741. The molecule has 0 saturated carbocycles. The SMILES string of the molecule is Nc1ccc(CC(=O)OC(=O)Cc2ccc(NC(=O)c3ccc4ccccc4c3)cc2)cc1. The number of hydrogen-bond acceptors (Lipinski definition) is 5. The molecule has 6 nitrogen and oxygen atoms in total. The van der Waals surface area contributed by atoms with Crippen molar-refractivity contribution in [3.05, 3.63) is 108 Å². The van der Waals surface area contributed by atoms with Gasteiger partial charge in [-0.05, 0) is 58.3 Å². The Morgan fingerprint density at radius 2 is 1.27 bits per heavy atom. The molecule has 164 valence electrons. The number of benzene rings is 4. The number of ether oxygens (including phenoxy) is 1. The van der Waals surface area contributed by atoms with E-state index < -0.39 is 11.9 Å². The number of carbonyl (C=O) groups excluding carboxylic acids is 3. The van der Waals surface area contributed by atoms with Crippen LogP contribution in [0.25, 0.3) is 10.8 Å². The third kappa shape index (κ3) is 5.83. The first-order valence-electron chi connectivity index (χ1n) is 10.4. The molecular weight excluding hydrogens is 416 g/mol. The molecule has 0 aromatic heterocycles. The molecule has 3 N–H and O–H groups in total. The molecule has 0 unspecified atom stereocenters. The Morgan fingerprint density at radius 1 is 0.697 bits per heavy atom. The van der Waals surface area contributed by atoms with Crippen LogP contribution in [0.15, 0.2) is 91.0 Å². The van der Waals surface area contributed by atoms with Gasteiger partial charge >= 0.3 is 11.9 Å². The molecule has 0 bridgehead atoms. The molecule has 0 aliphatic carbocycles. The van der Waals surface area contributed by atoms with E-state index >= 15 is 0 Å². The molecule has 4 aromatic rings. The zero-order valence-electron chi connectivity index (χ0n) is 17.8. The zero-order valence-corrected chi connectivity index (χ0v) is 17.8. The van der Waals surface area contributed by atoms with Crippen LogP contribution < -0.4 is 11.1 Å². The molecule has 0 saturated heterocycles. The molecular formula is C27H22N2O4. The largest absolute Gasteiger partial charge is 0.399 e. The van der Waals surface area contributed by atoms with Crippen molar-refractivity contribution in [2.75, 3.05) is 11.1 Å². The average molecular weight is 438 g/mol. The molecule has 4 rings (SSSR count). The summed E-state index contributed by atoms with van der Waals surface area (Å²) in [7, 11) is 0. The number of fused-ring (bicyclic) bond motifs is 1. The van der Waals surface area contributed by atoms with E-state index in [0.717, 1.165) is 10.8 Å². The quantitative estimate of drug-likeness (QED) is 0.262. The van der Waals surface area contributed by atoms with Gasteiger partial charge in [-0.2, -0.15) is 0 Å². The second-order valence-corrected chi connectivity index (χ2v) is 7.65. The topological polar surface area (TPSA) is 98.5 Å². The molecule has 1 amide bonds. The monoisotopic (exact) mass is 438 g/mol. The standard InChI is InChI=1S/C27H22N2O4/c28-23-11-5-18(6-12-23)15-25(30)33-26(31)16-19-7-13-24(14-8-19)29-27(32)22-10-9-20-3-1-2-4-21(20)17-22/h1-14,17H,15-16,28H2,(H,29,32). The number of anilines is 2. The minimum atomic E-state index is -0.636. The Kier molecular flexibility index (Phi) is 6.45. The summed E-state index contributed by atoms with van der Waals surface area (Å²) in [6, 6.07) is 27.0. The summed E-state index contributed by atoms with van der Waals surface area (Å²) in [5.74, 6) is -1.48. The molecule has 0 radical (unpaired) electrons. The van der Waals surface area contributed by atoms with Crippen LogP contribution in [0, 0.1) is 0 Å². The van der Waals surface area contributed by atoms with Crippen LogP contribution in [0.2, 0.25) is 0 Å². The van der Waals surface area contributed by atoms with E-state index in [-0.39, 0.29) is 18.7 Å². The van der Waals surface area contributed by atoms with E-state index in [9.17, 15) is 14.4 Å². The summed E-state index contributed by atoms with van der Waals surface area (Å²) in [4.78, 5) is 36.6. The van der Waals surface area contributed by atoms with Crippen LogP contribution in [-0.4, -0.2) is 17.8 Å². The Morgan fingerprint density at radius 3 is 1.91 bits per heavy atom. The van der Waals surface area contributed by atoms with Crippen molar-refractivity contribution in [1.29, 1.82) is 0 Å².